The van der Waals surface area contributed by atoms with E-state index in [2.05, 4.69) is 4.72 Å². The molecule has 4 rings (SSSR count). The van der Waals surface area contributed by atoms with Gasteiger partial charge in [-0.2, -0.15) is 0 Å². The highest BCUT2D eigenvalue weighted by atomic mass is 35.5. The molecule has 4 unspecified atom stereocenters. The second kappa shape index (κ2) is 8.67. The van der Waals surface area contributed by atoms with Crippen LogP contribution in [0.15, 0.2) is 29.2 Å². The number of ether oxygens (including phenoxy) is 1. The number of hydrogen-bond acceptors (Lipinski definition) is 5. The van der Waals surface area contributed by atoms with E-state index in [0.717, 1.165) is 25.7 Å². The number of nitrogens with one attached hydrogen (secondary N) is 1. The number of nitrogens with two attached hydrogens (primary N) is 1. The maximum Gasteiger partial charge on any atom is 0.253 e. The van der Waals surface area contributed by atoms with E-state index in [-0.39, 0.29) is 41.9 Å². The van der Waals surface area contributed by atoms with E-state index in [1.807, 2.05) is 4.90 Å². The van der Waals surface area contributed by atoms with Gasteiger partial charge in [-0.25, -0.2) is 13.1 Å². The van der Waals surface area contributed by atoms with Gasteiger partial charge < -0.3 is 15.4 Å². The molecule has 1 aromatic rings. The molecule has 2 heterocycles. The first-order valence-corrected chi connectivity index (χ1v) is 11.2. The summed E-state index contributed by atoms with van der Waals surface area (Å²) in [5.41, 5.74) is 6.56. The summed E-state index contributed by atoms with van der Waals surface area (Å²) in [6, 6.07) is 6.45. The zero-order valence-corrected chi connectivity index (χ0v) is 17.4. The normalized spacial score (nSPS) is 29.5. The second-order valence-electron chi connectivity index (χ2n) is 7.89. The molecular weight excluding hydrogens is 402 g/mol. The number of carbonyl (C=O) groups excluding carboxylic acids is 1. The van der Waals surface area contributed by atoms with Crippen molar-refractivity contribution in [3.05, 3.63) is 29.8 Å². The van der Waals surface area contributed by atoms with Crippen LogP contribution >= 0.6 is 12.4 Å². The van der Waals surface area contributed by atoms with Crippen molar-refractivity contribution >= 4 is 28.3 Å². The summed E-state index contributed by atoms with van der Waals surface area (Å²) in [7, 11) is -3.67. The van der Waals surface area contributed by atoms with E-state index >= 15 is 0 Å². The Bertz CT molecular complexity index is 813. The third-order valence-corrected chi connectivity index (χ3v) is 7.54. The van der Waals surface area contributed by atoms with Crippen LogP contribution in [-0.2, 0) is 14.8 Å². The van der Waals surface area contributed by atoms with E-state index in [4.69, 9.17) is 10.5 Å². The van der Waals surface area contributed by atoms with Gasteiger partial charge in [0, 0.05) is 37.8 Å². The quantitative estimate of drug-likeness (QED) is 0.736. The van der Waals surface area contributed by atoms with Crippen molar-refractivity contribution in [3.8, 4) is 0 Å². The zero-order valence-electron chi connectivity index (χ0n) is 15.7. The topological polar surface area (TPSA) is 102 Å². The molecular formula is C19H28ClN3O4S. The van der Waals surface area contributed by atoms with Crippen LogP contribution in [0.5, 0.6) is 0 Å². The van der Waals surface area contributed by atoms with Crippen molar-refractivity contribution in [1.29, 1.82) is 0 Å². The van der Waals surface area contributed by atoms with Gasteiger partial charge in [0.25, 0.3) is 5.91 Å². The van der Waals surface area contributed by atoms with Crippen LogP contribution in [0.4, 0.5) is 0 Å². The molecule has 1 amide bonds. The number of likely N-dealkylation sites (tertiary alicyclic amines) is 1. The average molecular weight is 430 g/mol. The number of rotatable bonds is 5. The van der Waals surface area contributed by atoms with Gasteiger partial charge in [0.2, 0.25) is 10.0 Å². The lowest BCUT2D eigenvalue weighted by atomic mass is 9.98. The van der Waals surface area contributed by atoms with E-state index in [0.29, 0.717) is 37.1 Å². The van der Waals surface area contributed by atoms with Crippen molar-refractivity contribution in [1.82, 2.24) is 9.62 Å². The first-order chi connectivity index (χ1) is 12.9. The predicted molar refractivity (Wildman–Crippen MR) is 108 cm³/mol. The minimum atomic E-state index is -3.67. The van der Waals surface area contributed by atoms with Crippen LogP contribution in [0.25, 0.3) is 0 Å². The molecule has 1 aliphatic carbocycles. The molecule has 3 N–H and O–H groups in total. The summed E-state index contributed by atoms with van der Waals surface area (Å²) in [5, 5.41) is 0. The molecule has 9 heteroatoms. The maximum absolute atomic E-state index is 12.9. The molecule has 3 fully saturated rings. The Morgan fingerprint density at radius 3 is 2.79 bits per heavy atom. The summed E-state index contributed by atoms with van der Waals surface area (Å²) >= 11 is 0. The van der Waals surface area contributed by atoms with Crippen molar-refractivity contribution in [2.45, 2.75) is 42.7 Å². The Hall–Kier alpha value is -1.19. The van der Waals surface area contributed by atoms with Gasteiger partial charge in [0.1, 0.15) is 0 Å². The molecule has 3 aliphatic rings. The standard InChI is InChI=1S/C19H27N3O4S.ClH/c20-18-7-6-14-11-22(12-17(14)18)19(23)13-3-1-5-16(9-13)27(24,25)21-10-15-4-2-8-26-15;/h1,3,5,9,14-15,17-18,21H,2,4,6-8,10-12,20H2;1H. The fourth-order valence-corrected chi connectivity index (χ4v) is 5.66. The van der Waals surface area contributed by atoms with Gasteiger partial charge in [-0.3, -0.25) is 4.79 Å². The van der Waals surface area contributed by atoms with Crippen LogP contribution in [0.2, 0.25) is 0 Å². The van der Waals surface area contributed by atoms with Crippen LogP contribution in [0.1, 0.15) is 36.0 Å². The van der Waals surface area contributed by atoms with Gasteiger partial charge in [0.15, 0.2) is 0 Å². The molecule has 0 spiro atoms. The monoisotopic (exact) mass is 429 g/mol. The lowest BCUT2D eigenvalue weighted by molar-refractivity contribution is 0.0779. The molecule has 4 atom stereocenters. The third-order valence-electron chi connectivity index (χ3n) is 6.12. The molecule has 1 aromatic carbocycles. The average Bonchev–Trinajstić information content (AvgIpc) is 3.39. The number of halogens is 1. The highest BCUT2D eigenvalue weighted by Gasteiger charge is 2.42. The molecule has 7 nitrogen and oxygen atoms in total. The molecule has 0 bridgehead atoms. The van der Waals surface area contributed by atoms with Gasteiger partial charge in [-0.15, -0.1) is 12.4 Å². The maximum atomic E-state index is 12.9. The van der Waals surface area contributed by atoms with Gasteiger partial charge in [-0.05, 0) is 55.7 Å². The second-order valence-corrected chi connectivity index (χ2v) is 9.66. The Balaban J connectivity index is 0.00000225. The number of carbonyl (C=O) groups is 1. The van der Waals surface area contributed by atoms with Crippen molar-refractivity contribution in [2.24, 2.45) is 17.6 Å². The molecule has 28 heavy (non-hydrogen) atoms. The van der Waals surface area contributed by atoms with Crippen molar-refractivity contribution in [2.75, 3.05) is 26.2 Å². The number of amides is 1. The first-order valence-electron chi connectivity index (χ1n) is 9.70. The molecule has 2 saturated heterocycles. The Morgan fingerprint density at radius 2 is 2.07 bits per heavy atom. The number of fused-ring (bicyclic) bond motifs is 1. The van der Waals surface area contributed by atoms with Crippen LogP contribution in [0.3, 0.4) is 0 Å². The van der Waals surface area contributed by atoms with Crippen molar-refractivity contribution < 1.29 is 17.9 Å². The highest BCUT2D eigenvalue weighted by molar-refractivity contribution is 7.89. The Labute approximate surface area is 172 Å². The highest BCUT2D eigenvalue weighted by Crippen LogP contribution is 2.37. The fourth-order valence-electron chi connectivity index (χ4n) is 4.54. The molecule has 0 radical (unpaired) electrons. The van der Waals surface area contributed by atoms with E-state index in [1.54, 1.807) is 12.1 Å². The molecule has 156 valence electrons. The van der Waals surface area contributed by atoms with Gasteiger partial charge in [-0.1, -0.05) is 6.07 Å². The number of nitrogens with zero attached hydrogens (tertiary/aromatic N) is 1. The van der Waals surface area contributed by atoms with Gasteiger partial charge in [0.05, 0.1) is 11.0 Å². The zero-order chi connectivity index (χ0) is 19.0. The summed E-state index contributed by atoms with van der Waals surface area (Å²) in [6.07, 6.45) is 3.84. The summed E-state index contributed by atoms with van der Waals surface area (Å²) in [5.74, 6) is 0.727. The smallest absolute Gasteiger partial charge is 0.253 e. The minimum Gasteiger partial charge on any atom is -0.377 e. The fraction of sp³-hybridized carbons (Fsp3) is 0.632. The van der Waals surface area contributed by atoms with E-state index < -0.39 is 10.0 Å². The predicted octanol–water partition coefficient (Wildman–Crippen LogP) is 1.38. The SMILES string of the molecule is Cl.NC1CCC2CN(C(=O)c3cccc(S(=O)(=O)NCC4CCCO4)c3)CC12. The Morgan fingerprint density at radius 1 is 1.25 bits per heavy atom. The lowest BCUT2D eigenvalue weighted by Crippen LogP contribution is -2.34. The number of hydrogen-bond donors (Lipinski definition) is 2. The first kappa shape index (κ1) is 21.5. The largest absolute Gasteiger partial charge is 0.377 e. The van der Waals surface area contributed by atoms with Gasteiger partial charge >= 0.3 is 0 Å². The Kier molecular flexibility index (Phi) is 6.66. The van der Waals surface area contributed by atoms with Crippen molar-refractivity contribution in [3.63, 3.8) is 0 Å². The van der Waals surface area contributed by atoms with Crippen LogP contribution < -0.4 is 10.5 Å². The summed E-state index contributed by atoms with van der Waals surface area (Å²) in [6.45, 7) is 2.32. The van der Waals surface area contributed by atoms with Crippen LogP contribution in [-0.4, -0.2) is 57.6 Å². The molecule has 2 aliphatic heterocycles. The lowest BCUT2D eigenvalue weighted by Gasteiger charge is -2.19. The van der Waals surface area contributed by atoms with Crippen LogP contribution in [0, 0.1) is 11.8 Å². The third kappa shape index (κ3) is 4.36. The minimum absolute atomic E-state index is 0. The number of benzene rings is 1. The van der Waals surface area contributed by atoms with E-state index in [9.17, 15) is 13.2 Å². The van der Waals surface area contributed by atoms with E-state index in [1.165, 1.54) is 12.1 Å². The molecule has 0 aromatic heterocycles. The summed E-state index contributed by atoms with van der Waals surface area (Å²) < 4.78 is 33.2. The molecule has 1 saturated carbocycles. The number of sulfonamides is 1. The summed E-state index contributed by atoms with van der Waals surface area (Å²) in [4.78, 5) is 14.8.